The number of nitrogens with zero attached hydrogens (tertiary/aromatic N) is 1. The molecule has 0 saturated carbocycles. The van der Waals surface area contributed by atoms with E-state index in [1.54, 1.807) is 0 Å². The first-order chi connectivity index (χ1) is 11.8. The topological polar surface area (TPSA) is 63.2 Å². The largest absolute Gasteiger partial charge is 0.494 e. The maximum atomic E-state index is 12.3. The van der Waals surface area contributed by atoms with Crippen LogP contribution in [0.5, 0.6) is 5.75 Å². The molecule has 25 heavy (non-hydrogen) atoms. The van der Waals surface area contributed by atoms with Crippen molar-refractivity contribution in [3.63, 3.8) is 0 Å². The Hall–Kier alpha value is -1.63. The Morgan fingerprint density at radius 3 is 2.72 bits per heavy atom. The number of anilines is 1. The normalized spacial score (nSPS) is 14.6. The summed E-state index contributed by atoms with van der Waals surface area (Å²) in [5.74, 6) is 1.05. The first-order valence-electron chi connectivity index (χ1n) is 8.46. The molecule has 2 aromatic rings. The molecule has 136 valence electrons. The number of halogens is 1. The van der Waals surface area contributed by atoms with Crippen LogP contribution in [0.25, 0.3) is 11.3 Å². The molecule has 0 aliphatic carbocycles. The molecule has 0 spiro atoms. The number of amides is 1. The van der Waals surface area contributed by atoms with Crippen LogP contribution in [0.2, 0.25) is 0 Å². The van der Waals surface area contributed by atoms with Gasteiger partial charge in [0.25, 0.3) is 0 Å². The van der Waals surface area contributed by atoms with Gasteiger partial charge in [0.1, 0.15) is 5.75 Å². The van der Waals surface area contributed by atoms with Crippen LogP contribution in [-0.4, -0.2) is 30.6 Å². The van der Waals surface area contributed by atoms with Gasteiger partial charge in [0.05, 0.1) is 12.3 Å². The second-order valence-electron chi connectivity index (χ2n) is 5.92. The lowest BCUT2D eigenvalue weighted by atomic mass is 9.97. The highest BCUT2D eigenvalue weighted by Gasteiger charge is 2.21. The van der Waals surface area contributed by atoms with Crippen molar-refractivity contribution < 1.29 is 9.53 Å². The van der Waals surface area contributed by atoms with Gasteiger partial charge in [-0.25, -0.2) is 4.98 Å². The minimum absolute atomic E-state index is 0. The SMILES string of the molecule is CCCOc1ccc(-c2csc(NC(=O)C3CCNCC3)n2)cc1.Cl. The van der Waals surface area contributed by atoms with Gasteiger partial charge in [-0.1, -0.05) is 6.92 Å². The molecular formula is C18H24ClN3O2S. The average Bonchev–Trinajstić information content (AvgIpc) is 3.09. The summed E-state index contributed by atoms with van der Waals surface area (Å²) < 4.78 is 5.59. The van der Waals surface area contributed by atoms with E-state index in [9.17, 15) is 4.79 Å². The van der Waals surface area contributed by atoms with E-state index in [1.165, 1.54) is 11.3 Å². The molecule has 1 amide bonds. The zero-order valence-corrected chi connectivity index (χ0v) is 15.9. The van der Waals surface area contributed by atoms with Crippen LogP contribution >= 0.6 is 23.7 Å². The molecule has 1 aromatic heterocycles. The quantitative estimate of drug-likeness (QED) is 0.795. The molecular weight excluding hydrogens is 358 g/mol. The molecule has 0 bridgehead atoms. The average molecular weight is 382 g/mol. The van der Waals surface area contributed by atoms with Gasteiger partial charge in [-0.05, 0) is 56.6 Å². The molecule has 1 fully saturated rings. The monoisotopic (exact) mass is 381 g/mol. The standard InChI is InChI=1S/C18H23N3O2S.ClH/c1-2-11-23-15-5-3-13(4-6-15)16-12-24-18(20-16)21-17(22)14-7-9-19-10-8-14;/h3-6,12,14,19H,2,7-11H2,1H3,(H,20,21,22);1H. The van der Waals surface area contributed by atoms with Crippen molar-refractivity contribution in [2.75, 3.05) is 25.0 Å². The van der Waals surface area contributed by atoms with Gasteiger partial charge in [-0.3, -0.25) is 4.79 Å². The van der Waals surface area contributed by atoms with Crippen molar-refractivity contribution >= 4 is 34.8 Å². The fourth-order valence-corrected chi connectivity index (χ4v) is 3.42. The number of ether oxygens (including phenoxy) is 1. The van der Waals surface area contributed by atoms with Crippen molar-refractivity contribution in [3.8, 4) is 17.0 Å². The number of thiazole rings is 1. The number of hydrogen-bond acceptors (Lipinski definition) is 5. The second kappa shape index (κ2) is 9.75. The first kappa shape index (κ1) is 19.7. The second-order valence-corrected chi connectivity index (χ2v) is 6.78. The summed E-state index contributed by atoms with van der Waals surface area (Å²) in [6, 6.07) is 7.91. The van der Waals surface area contributed by atoms with Crippen LogP contribution in [0.3, 0.4) is 0 Å². The Bertz CT molecular complexity index is 669. The number of piperidine rings is 1. The predicted octanol–water partition coefficient (Wildman–Crippen LogP) is 3.96. The molecule has 1 aliphatic heterocycles. The van der Waals surface area contributed by atoms with E-state index >= 15 is 0 Å². The molecule has 1 aromatic carbocycles. The van der Waals surface area contributed by atoms with Crippen LogP contribution in [0.1, 0.15) is 26.2 Å². The Morgan fingerprint density at radius 2 is 2.04 bits per heavy atom. The maximum Gasteiger partial charge on any atom is 0.229 e. The summed E-state index contributed by atoms with van der Waals surface area (Å²) in [4.78, 5) is 16.8. The first-order valence-corrected chi connectivity index (χ1v) is 9.34. The minimum Gasteiger partial charge on any atom is -0.494 e. The van der Waals surface area contributed by atoms with Crippen LogP contribution in [0.4, 0.5) is 5.13 Å². The smallest absolute Gasteiger partial charge is 0.229 e. The van der Waals surface area contributed by atoms with E-state index in [-0.39, 0.29) is 24.2 Å². The summed E-state index contributed by atoms with van der Waals surface area (Å²) in [6.45, 7) is 4.63. The van der Waals surface area contributed by atoms with Crippen molar-refractivity contribution in [1.29, 1.82) is 0 Å². The van der Waals surface area contributed by atoms with Gasteiger partial charge in [0.15, 0.2) is 5.13 Å². The van der Waals surface area contributed by atoms with E-state index in [0.29, 0.717) is 5.13 Å². The molecule has 1 aliphatic rings. The molecule has 1 saturated heterocycles. The molecule has 2 N–H and O–H groups in total. The lowest BCUT2D eigenvalue weighted by Crippen LogP contribution is -2.34. The number of aromatic nitrogens is 1. The molecule has 5 nitrogen and oxygen atoms in total. The summed E-state index contributed by atoms with van der Waals surface area (Å²) in [5, 5.41) is 8.87. The highest BCUT2D eigenvalue weighted by molar-refractivity contribution is 7.14. The number of rotatable bonds is 6. The Morgan fingerprint density at radius 1 is 1.32 bits per heavy atom. The maximum absolute atomic E-state index is 12.3. The molecule has 3 rings (SSSR count). The highest BCUT2D eigenvalue weighted by Crippen LogP contribution is 2.27. The van der Waals surface area contributed by atoms with E-state index in [0.717, 1.165) is 56.0 Å². The van der Waals surface area contributed by atoms with E-state index < -0.39 is 0 Å². The Kier molecular flexibility index (Phi) is 7.68. The van der Waals surface area contributed by atoms with Crippen LogP contribution < -0.4 is 15.4 Å². The number of nitrogens with one attached hydrogen (secondary N) is 2. The Balaban J connectivity index is 0.00000225. The number of benzene rings is 1. The van der Waals surface area contributed by atoms with Gasteiger partial charge in [0, 0.05) is 16.9 Å². The molecule has 0 radical (unpaired) electrons. The van der Waals surface area contributed by atoms with Crippen molar-refractivity contribution in [1.82, 2.24) is 10.3 Å². The zero-order chi connectivity index (χ0) is 16.8. The lowest BCUT2D eigenvalue weighted by molar-refractivity contribution is -0.120. The molecule has 7 heteroatoms. The van der Waals surface area contributed by atoms with E-state index in [2.05, 4.69) is 22.5 Å². The third kappa shape index (κ3) is 5.42. The lowest BCUT2D eigenvalue weighted by Gasteiger charge is -2.20. The molecule has 2 heterocycles. The number of hydrogen-bond donors (Lipinski definition) is 2. The summed E-state index contributed by atoms with van der Waals surface area (Å²) >= 11 is 1.46. The van der Waals surface area contributed by atoms with Gasteiger partial charge in [-0.15, -0.1) is 23.7 Å². The molecule has 0 unspecified atom stereocenters. The van der Waals surface area contributed by atoms with Crippen LogP contribution in [0.15, 0.2) is 29.6 Å². The number of carbonyl (C=O) groups excluding carboxylic acids is 1. The van der Waals surface area contributed by atoms with Crippen LogP contribution in [-0.2, 0) is 4.79 Å². The third-order valence-electron chi connectivity index (χ3n) is 4.07. The highest BCUT2D eigenvalue weighted by atomic mass is 35.5. The zero-order valence-electron chi connectivity index (χ0n) is 14.3. The summed E-state index contributed by atoms with van der Waals surface area (Å²) in [5.41, 5.74) is 1.90. The van der Waals surface area contributed by atoms with Crippen molar-refractivity contribution in [2.45, 2.75) is 26.2 Å². The van der Waals surface area contributed by atoms with E-state index in [4.69, 9.17) is 4.74 Å². The fourth-order valence-electron chi connectivity index (χ4n) is 2.70. The van der Waals surface area contributed by atoms with Crippen LogP contribution in [0, 0.1) is 5.92 Å². The molecule has 0 atom stereocenters. The van der Waals surface area contributed by atoms with Crippen molar-refractivity contribution in [3.05, 3.63) is 29.6 Å². The third-order valence-corrected chi connectivity index (χ3v) is 4.82. The van der Waals surface area contributed by atoms with Gasteiger partial charge >= 0.3 is 0 Å². The fraction of sp³-hybridized carbons (Fsp3) is 0.444. The van der Waals surface area contributed by atoms with Gasteiger partial charge in [-0.2, -0.15) is 0 Å². The number of carbonyl (C=O) groups is 1. The van der Waals surface area contributed by atoms with Gasteiger partial charge < -0.3 is 15.4 Å². The Labute approximate surface area is 158 Å². The van der Waals surface area contributed by atoms with E-state index in [1.807, 2.05) is 29.6 Å². The van der Waals surface area contributed by atoms with Gasteiger partial charge in [0.2, 0.25) is 5.91 Å². The summed E-state index contributed by atoms with van der Waals surface area (Å²) in [7, 11) is 0. The predicted molar refractivity (Wildman–Crippen MR) is 105 cm³/mol. The minimum atomic E-state index is 0. The van der Waals surface area contributed by atoms with Crippen molar-refractivity contribution in [2.24, 2.45) is 5.92 Å². The summed E-state index contributed by atoms with van der Waals surface area (Å²) in [6.07, 6.45) is 2.78.